The molecule has 0 spiro atoms. The summed E-state index contributed by atoms with van der Waals surface area (Å²) < 4.78 is 5.45. The minimum Gasteiger partial charge on any atom is -0.464 e. The van der Waals surface area contributed by atoms with Crippen molar-refractivity contribution in [3.05, 3.63) is 36.0 Å². The fourth-order valence-corrected chi connectivity index (χ4v) is 3.16. The fraction of sp³-hybridized carbons (Fsp3) is 0.500. The maximum atomic E-state index is 12.1. The van der Waals surface area contributed by atoms with Crippen LogP contribution in [0.15, 0.2) is 30.5 Å². The number of nitrogens with zero attached hydrogens (tertiary/aromatic N) is 1. The average Bonchev–Trinajstić information content (AvgIpc) is 2.97. The normalized spacial score (nSPS) is 18.2. The summed E-state index contributed by atoms with van der Waals surface area (Å²) >= 11 is 0. The van der Waals surface area contributed by atoms with Gasteiger partial charge in [-0.15, -0.1) is 0 Å². The number of H-pyrrole nitrogens is 1. The zero-order valence-corrected chi connectivity index (χ0v) is 13.6. The van der Waals surface area contributed by atoms with E-state index in [1.807, 2.05) is 30.5 Å². The Morgan fingerprint density at radius 3 is 2.91 bits per heavy atom. The number of hydrogen-bond donors (Lipinski definition) is 2. The highest BCUT2D eigenvalue weighted by Crippen LogP contribution is 2.20. The summed E-state index contributed by atoms with van der Waals surface area (Å²) in [6.07, 6.45) is 4.59. The van der Waals surface area contributed by atoms with E-state index in [-0.39, 0.29) is 5.97 Å². The Morgan fingerprint density at radius 1 is 1.39 bits per heavy atom. The molecule has 2 aromatic rings. The second-order valence-electron chi connectivity index (χ2n) is 6.55. The van der Waals surface area contributed by atoms with Crippen molar-refractivity contribution in [1.82, 2.24) is 9.88 Å². The molecule has 3 N–H and O–H groups in total. The molecule has 1 atom stereocenters. The van der Waals surface area contributed by atoms with Crippen molar-refractivity contribution < 1.29 is 9.53 Å². The Bertz CT molecular complexity index is 659. The SMILES string of the molecule is CN1CCC(COC(=O)[C@@H](N)Cc2c[nH]c3ccccc23)CC1. The molecule has 1 aliphatic heterocycles. The maximum absolute atomic E-state index is 12.1. The molecule has 0 radical (unpaired) electrons. The Labute approximate surface area is 136 Å². The molecule has 0 saturated carbocycles. The van der Waals surface area contributed by atoms with Crippen molar-refractivity contribution in [1.29, 1.82) is 0 Å². The van der Waals surface area contributed by atoms with Gasteiger partial charge in [-0.1, -0.05) is 18.2 Å². The van der Waals surface area contributed by atoms with Gasteiger partial charge in [0.05, 0.1) is 6.61 Å². The van der Waals surface area contributed by atoms with E-state index in [0.717, 1.165) is 42.4 Å². The molecule has 1 aromatic heterocycles. The van der Waals surface area contributed by atoms with Gasteiger partial charge in [0.25, 0.3) is 0 Å². The van der Waals surface area contributed by atoms with Gasteiger partial charge < -0.3 is 20.4 Å². The molecule has 1 aromatic carbocycles. The van der Waals surface area contributed by atoms with Gasteiger partial charge >= 0.3 is 5.97 Å². The third kappa shape index (κ3) is 3.92. The number of aromatic amines is 1. The number of likely N-dealkylation sites (tertiary alicyclic amines) is 1. The van der Waals surface area contributed by atoms with Crippen molar-refractivity contribution in [3.63, 3.8) is 0 Å². The van der Waals surface area contributed by atoms with Crippen LogP contribution in [0.3, 0.4) is 0 Å². The van der Waals surface area contributed by atoms with Gasteiger partial charge in [0.15, 0.2) is 0 Å². The molecule has 0 amide bonds. The molecule has 1 aliphatic rings. The van der Waals surface area contributed by atoms with Gasteiger partial charge in [-0.2, -0.15) is 0 Å². The van der Waals surface area contributed by atoms with Crippen LogP contribution in [-0.4, -0.2) is 48.6 Å². The molecule has 5 heteroatoms. The van der Waals surface area contributed by atoms with E-state index in [0.29, 0.717) is 18.9 Å². The van der Waals surface area contributed by atoms with Gasteiger partial charge in [0.1, 0.15) is 6.04 Å². The zero-order valence-electron chi connectivity index (χ0n) is 13.6. The van der Waals surface area contributed by atoms with E-state index in [9.17, 15) is 4.79 Å². The number of carbonyl (C=O) groups is 1. The zero-order chi connectivity index (χ0) is 16.2. The fourth-order valence-electron chi connectivity index (χ4n) is 3.16. The number of nitrogens with two attached hydrogens (primary N) is 1. The van der Waals surface area contributed by atoms with Crippen LogP contribution in [0.4, 0.5) is 0 Å². The largest absolute Gasteiger partial charge is 0.464 e. The van der Waals surface area contributed by atoms with Crippen LogP contribution in [0.25, 0.3) is 10.9 Å². The van der Waals surface area contributed by atoms with E-state index in [2.05, 4.69) is 16.9 Å². The number of esters is 1. The first kappa shape index (κ1) is 16.0. The van der Waals surface area contributed by atoms with Crippen molar-refractivity contribution in [2.45, 2.75) is 25.3 Å². The van der Waals surface area contributed by atoms with E-state index in [1.165, 1.54) is 0 Å². The molecule has 5 nitrogen and oxygen atoms in total. The first-order valence-corrected chi connectivity index (χ1v) is 8.29. The van der Waals surface area contributed by atoms with Gasteiger partial charge in [-0.25, -0.2) is 0 Å². The van der Waals surface area contributed by atoms with Gasteiger partial charge in [0, 0.05) is 23.5 Å². The molecule has 1 saturated heterocycles. The quantitative estimate of drug-likeness (QED) is 0.827. The number of para-hydroxylation sites is 1. The van der Waals surface area contributed by atoms with Gasteiger partial charge in [-0.05, 0) is 50.5 Å². The highest BCUT2D eigenvalue weighted by Gasteiger charge is 2.21. The summed E-state index contributed by atoms with van der Waals surface area (Å²) in [6, 6.07) is 7.42. The van der Waals surface area contributed by atoms with E-state index in [4.69, 9.17) is 10.5 Å². The molecule has 0 aliphatic carbocycles. The lowest BCUT2D eigenvalue weighted by Gasteiger charge is -2.28. The second kappa shape index (κ2) is 7.15. The standard InChI is InChI=1S/C18H25N3O2/c1-21-8-6-13(7-9-21)12-23-18(22)16(19)10-14-11-20-17-5-3-2-4-15(14)17/h2-5,11,13,16,20H,6-10,12,19H2,1H3/t16-/m0/s1. The molecular weight excluding hydrogens is 290 g/mol. The smallest absolute Gasteiger partial charge is 0.323 e. The Morgan fingerprint density at radius 2 is 2.13 bits per heavy atom. The van der Waals surface area contributed by atoms with Crippen LogP contribution in [0, 0.1) is 5.92 Å². The summed E-state index contributed by atoms with van der Waals surface area (Å²) in [5.74, 6) is 0.171. The number of carbonyl (C=O) groups excluding carboxylic acids is 1. The predicted molar refractivity (Wildman–Crippen MR) is 91.2 cm³/mol. The summed E-state index contributed by atoms with van der Waals surface area (Å²) in [5, 5.41) is 1.12. The minimum atomic E-state index is -0.611. The van der Waals surface area contributed by atoms with Gasteiger partial charge in [0.2, 0.25) is 0 Å². The topological polar surface area (TPSA) is 71.3 Å². The molecule has 124 valence electrons. The monoisotopic (exact) mass is 315 g/mol. The summed E-state index contributed by atoms with van der Waals surface area (Å²) in [4.78, 5) is 17.7. The Hall–Kier alpha value is -1.85. The number of benzene rings is 1. The highest BCUT2D eigenvalue weighted by atomic mass is 16.5. The summed E-state index contributed by atoms with van der Waals surface area (Å²) in [6.45, 7) is 2.64. The molecule has 0 unspecified atom stereocenters. The van der Waals surface area contributed by atoms with Crippen LogP contribution < -0.4 is 5.73 Å². The summed E-state index contributed by atoms with van der Waals surface area (Å²) in [5.41, 5.74) is 8.16. The molecular formula is C18H25N3O2. The lowest BCUT2D eigenvalue weighted by molar-refractivity contribution is -0.147. The lowest BCUT2D eigenvalue weighted by Crippen LogP contribution is -2.37. The lowest BCUT2D eigenvalue weighted by atomic mass is 9.98. The number of rotatable bonds is 5. The van der Waals surface area contributed by atoms with Crippen LogP contribution >= 0.6 is 0 Å². The van der Waals surface area contributed by atoms with Crippen molar-refractivity contribution in [2.75, 3.05) is 26.7 Å². The predicted octanol–water partition coefficient (Wildman–Crippen LogP) is 1.92. The molecule has 23 heavy (non-hydrogen) atoms. The third-order valence-corrected chi connectivity index (χ3v) is 4.72. The number of hydrogen-bond acceptors (Lipinski definition) is 4. The Balaban J connectivity index is 1.51. The number of fused-ring (bicyclic) bond motifs is 1. The van der Waals surface area contributed by atoms with Crippen LogP contribution in [-0.2, 0) is 16.0 Å². The first-order valence-electron chi connectivity index (χ1n) is 8.29. The first-order chi connectivity index (χ1) is 11.1. The minimum absolute atomic E-state index is 0.297. The van der Waals surface area contributed by atoms with Gasteiger partial charge in [-0.3, -0.25) is 4.79 Å². The number of aromatic nitrogens is 1. The number of ether oxygens (including phenoxy) is 1. The van der Waals surface area contributed by atoms with Crippen molar-refractivity contribution in [3.8, 4) is 0 Å². The van der Waals surface area contributed by atoms with Crippen LogP contribution in [0.5, 0.6) is 0 Å². The van der Waals surface area contributed by atoms with Crippen molar-refractivity contribution >= 4 is 16.9 Å². The number of nitrogens with one attached hydrogen (secondary N) is 1. The highest BCUT2D eigenvalue weighted by molar-refractivity contribution is 5.84. The van der Waals surface area contributed by atoms with Crippen LogP contribution in [0.1, 0.15) is 18.4 Å². The summed E-state index contributed by atoms with van der Waals surface area (Å²) in [7, 11) is 2.12. The average molecular weight is 315 g/mol. The molecule has 3 rings (SSSR count). The van der Waals surface area contributed by atoms with E-state index < -0.39 is 6.04 Å². The van der Waals surface area contributed by atoms with Crippen LogP contribution in [0.2, 0.25) is 0 Å². The third-order valence-electron chi connectivity index (χ3n) is 4.72. The van der Waals surface area contributed by atoms with E-state index >= 15 is 0 Å². The Kier molecular flexibility index (Phi) is 4.98. The molecule has 0 bridgehead atoms. The molecule has 1 fully saturated rings. The maximum Gasteiger partial charge on any atom is 0.323 e. The number of piperidine rings is 1. The second-order valence-corrected chi connectivity index (χ2v) is 6.55. The van der Waals surface area contributed by atoms with E-state index in [1.54, 1.807) is 0 Å². The van der Waals surface area contributed by atoms with Crippen molar-refractivity contribution in [2.24, 2.45) is 11.7 Å². The molecule has 2 heterocycles.